The van der Waals surface area contributed by atoms with Crippen LogP contribution in [0.4, 0.5) is 0 Å². The molecule has 12 aromatic rings. The fourth-order valence-corrected chi connectivity index (χ4v) is 11.4. The lowest BCUT2D eigenvalue weighted by molar-refractivity contribution is 0.660. The Kier molecular flexibility index (Phi) is 8.39. The minimum absolute atomic E-state index is 0.0658. The third kappa shape index (κ3) is 6.00. The van der Waals surface area contributed by atoms with Crippen LogP contribution in [0, 0.1) is 0 Å². The number of hydrogen-bond acceptors (Lipinski definition) is 5. The predicted molar refractivity (Wildman–Crippen MR) is 270 cm³/mol. The van der Waals surface area contributed by atoms with Crippen LogP contribution in [0.5, 0.6) is 0 Å². The maximum atomic E-state index is 6.61. The first-order valence-electron chi connectivity index (χ1n) is 22.1. The third-order valence-electron chi connectivity index (χ3n) is 13.4. The van der Waals surface area contributed by atoms with E-state index in [0.717, 1.165) is 65.6 Å². The monoisotopic (exact) mass is 849 g/mol. The topological polar surface area (TPSA) is 51.8 Å². The average molecular weight is 850 g/mol. The van der Waals surface area contributed by atoms with Crippen molar-refractivity contribution in [2.45, 2.75) is 19.3 Å². The number of fused-ring (bicyclic) bond motifs is 9. The van der Waals surface area contributed by atoms with Crippen molar-refractivity contribution in [3.63, 3.8) is 0 Å². The SMILES string of the molecule is CC1(C)c2ccccc2-c2c(-c3cccc(-c4ccc5oc6cccc(-c7nc(-c8ccc(-c9ccccc9)cc8)nc(-c8cccc9c8sc8ccccc89)n7)c6c5c4)c3)cccc21. The molecule has 0 saturated carbocycles. The van der Waals surface area contributed by atoms with E-state index in [9.17, 15) is 0 Å². The summed E-state index contributed by atoms with van der Waals surface area (Å²) in [5.41, 5.74) is 16.7. The Labute approximate surface area is 380 Å². The zero-order valence-corrected chi connectivity index (χ0v) is 36.5. The number of nitrogens with zero attached hydrogens (tertiary/aromatic N) is 3. The Morgan fingerprint density at radius 3 is 1.86 bits per heavy atom. The van der Waals surface area contributed by atoms with Crippen molar-refractivity contribution < 1.29 is 4.42 Å². The summed E-state index contributed by atoms with van der Waals surface area (Å²) in [4.78, 5) is 15.9. The van der Waals surface area contributed by atoms with Gasteiger partial charge in [0, 0.05) is 53.1 Å². The molecule has 0 atom stereocenters. The van der Waals surface area contributed by atoms with Crippen molar-refractivity contribution in [2.24, 2.45) is 0 Å². The normalized spacial score (nSPS) is 12.9. The van der Waals surface area contributed by atoms with E-state index >= 15 is 0 Å². The summed E-state index contributed by atoms with van der Waals surface area (Å²) in [6, 6.07) is 71.3. The highest BCUT2D eigenvalue weighted by molar-refractivity contribution is 7.26. The first kappa shape index (κ1) is 37.6. The molecule has 0 saturated heterocycles. The second-order valence-corrected chi connectivity index (χ2v) is 18.6. The smallest absolute Gasteiger partial charge is 0.165 e. The molecule has 9 aromatic carbocycles. The Bertz CT molecular complexity index is 3860. The second-order valence-electron chi connectivity index (χ2n) is 17.5. The molecule has 3 aromatic heterocycles. The average Bonchev–Trinajstić information content (AvgIpc) is 4.01. The lowest BCUT2D eigenvalue weighted by Crippen LogP contribution is -2.14. The molecule has 0 aliphatic heterocycles. The van der Waals surface area contributed by atoms with Gasteiger partial charge in [0.2, 0.25) is 0 Å². The van der Waals surface area contributed by atoms with Crippen LogP contribution in [-0.4, -0.2) is 15.0 Å². The minimum atomic E-state index is -0.0658. The van der Waals surface area contributed by atoms with E-state index in [1.807, 2.05) is 18.2 Å². The standard InChI is InChI=1S/C60H39N3OS/c1-60(2)49-24-8-6-19-45(49)54-42(20-12-25-50(54)60)41-17-10-16-39(34-41)40-32-33-51-48(35-40)55-46(22-13-26-52(55)64-51)58-61-57(38-30-28-37(29-31-38)36-14-4-3-5-15-36)62-59(63-58)47-23-11-21-44-43-18-7-9-27-53(43)65-56(44)47/h3-35H,1-2H3. The molecule has 0 unspecified atom stereocenters. The van der Waals surface area contributed by atoms with Crippen molar-refractivity contribution in [1.82, 2.24) is 15.0 Å². The number of thiophene rings is 1. The van der Waals surface area contributed by atoms with Crippen LogP contribution in [0.25, 0.3) is 121 Å². The van der Waals surface area contributed by atoms with Crippen LogP contribution in [0.1, 0.15) is 25.0 Å². The molecule has 0 fully saturated rings. The Balaban J connectivity index is 0.970. The lowest BCUT2D eigenvalue weighted by Gasteiger charge is -2.21. The first-order valence-corrected chi connectivity index (χ1v) is 22.9. The van der Waals surface area contributed by atoms with Gasteiger partial charge in [-0.05, 0) is 92.0 Å². The Morgan fingerprint density at radius 1 is 0.385 bits per heavy atom. The van der Waals surface area contributed by atoms with Gasteiger partial charge in [-0.3, -0.25) is 0 Å². The molecule has 1 aliphatic rings. The zero-order valence-electron chi connectivity index (χ0n) is 35.7. The fourth-order valence-electron chi connectivity index (χ4n) is 10.2. The number of benzene rings is 9. The molecule has 0 spiro atoms. The van der Waals surface area contributed by atoms with Crippen molar-refractivity contribution >= 4 is 53.4 Å². The van der Waals surface area contributed by atoms with Gasteiger partial charge in [0.25, 0.3) is 0 Å². The quantitative estimate of drug-likeness (QED) is 0.167. The number of furan rings is 1. The van der Waals surface area contributed by atoms with Gasteiger partial charge in [-0.1, -0.05) is 178 Å². The highest BCUT2D eigenvalue weighted by Crippen LogP contribution is 2.52. The van der Waals surface area contributed by atoms with Crippen LogP contribution in [0.2, 0.25) is 0 Å². The van der Waals surface area contributed by atoms with E-state index in [1.165, 1.54) is 48.9 Å². The van der Waals surface area contributed by atoms with Crippen LogP contribution in [0.15, 0.2) is 205 Å². The van der Waals surface area contributed by atoms with Crippen molar-refractivity contribution in [1.29, 1.82) is 0 Å². The van der Waals surface area contributed by atoms with Crippen molar-refractivity contribution in [3.05, 3.63) is 211 Å². The summed E-state index contributed by atoms with van der Waals surface area (Å²) < 4.78 is 9.00. The maximum absolute atomic E-state index is 6.61. The van der Waals surface area contributed by atoms with Crippen molar-refractivity contribution in [3.8, 4) is 78.7 Å². The molecule has 13 rings (SSSR count). The van der Waals surface area contributed by atoms with E-state index in [-0.39, 0.29) is 5.41 Å². The van der Waals surface area contributed by atoms with Gasteiger partial charge in [0.1, 0.15) is 11.2 Å². The summed E-state index contributed by atoms with van der Waals surface area (Å²) >= 11 is 1.78. The van der Waals surface area contributed by atoms with E-state index < -0.39 is 0 Å². The maximum Gasteiger partial charge on any atom is 0.165 e. The van der Waals surface area contributed by atoms with Crippen LogP contribution in [0.3, 0.4) is 0 Å². The molecule has 65 heavy (non-hydrogen) atoms. The Hall–Kier alpha value is -7.99. The van der Waals surface area contributed by atoms with Crippen LogP contribution < -0.4 is 0 Å². The molecule has 5 heteroatoms. The number of rotatable bonds is 6. The van der Waals surface area contributed by atoms with E-state index in [4.69, 9.17) is 19.4 Å². The molecule has 0 N–H and O–H groups in total. The molecule has 0 amide bonds. The predicted octanol–water partition coefficient (Wildman–Crippen LogP) is 16.4. The van der Waals surface area contributed by atoms with Gasteiger partial charge in [-0.2, -0.15) is 0 Å². The summed E-state index contributed by atoms with van der Waals surface area (Å²) in [6.07, 6.45) is 0. The highest BCUT2D eigenvalue weighted by atomic mass is 32.1. The van der Waals surface area contributed by atoms with E-state index in [0.29, 0.717) is 17.5 Å². The van der Waals surface area contributed by atoms with Gasteiger partial charge in [-0.25, -0.2) is 15.0 Å². The zero-order chi connectivity index (χ0) is 43.2. The van der Waals surface area contributed by atoms with Gasteiger partial charge >= 0.3 is 0 Å². The molecule has 3 heterocycles. The van der Waals surface area contributed by atoms with Gasteiger partial charge in [0.05, 0.1) is 0 Å². The van der Waals surface area contributed by atoms with Gasteiger partial charge in [-0.15, -0.1) is 11.3 Å². The molecule has 0 bridgehead atoms. The van der Waals surface area contributed by atoms with Gasteiger partial charge < -0.3 is 4.42 Å². The Morgan fingerprint density at radius 2 is 0.969 bits per heavy atom. The van der Waals surface area contributed by atoms with Crippen molar-refractivity contribution in [2.75, 3.05) is 0 Å². The molecule has 1 aliphatic carbocycles. The molecule has 306 valence electrons. The number of aromatic nitrogens is 3. The van der Waals surface area contributed by atoms with Crippen LogP contribution in [-0.2, 0) is 5.41 Å². The summed E-state index contributed by atoms with van der Waals surface area (Å²) in [5, 5.41) is 4.42. The largest absolute Gasteiger partial charge is 0.456 e. The molecular formula is C60H39N3OS. The van der Waals surface area contributed by atoms with Crippen LogP contribution >= 0.6 is 11.3 Å². The van der Waals surface area contributed by atoms with Gasteiger partial charge in [0.15, 0.2) is 17.5 Å². The fraction of sp³-hybridized carbons (Fsp3) is 0.0500. The summed E-state index contributed by atoms with van der Waals surface area (Å²) in [7, 11) is 0. The lowest BCUT2D eigenvalue weighted by atomic mass is 9.82. The highest BCUT2D eigenvalue weighted by Gasteiger charge is 2.36. The number of hydrogen-bond donors (Lipinski definition) is 0. The molecular weight excluding hydrogens is 811 g/mol. The summed E-state index contributed by atoms with van der Waals surface area (Å²) in [6.45, 7) is 4.68. The minimum Gasteiger partial charge on any atom is -0.456 e. The van der Waals surface area contributed by atoms with E-state index in [1.54, 1.807) is 11.3 Å². The third-order valence-corrected chi connectivity index (χ3v) is 14.6. The first-order chi connectivity index (χ1) is 32.0. The summed E-state index contributed by atoms with van der Waals surface area (Å²) in [5.74, 6) is 1.84. The van der Waals surface area contributed by atoms with E-state index in [2.05, 4.69) is 196 Å². The molecule has 4 nitrogen and oxygen atoms in total. The second kappa shape index (κ2) is 14.5. The molecule has 0 radical (unpaired) electrons.